The minimum absolute atomic E-state index is 0. The van der Waals surface area contributed by atoms with E-state index in [1.54, 1.807) is 23.3 Å². The number of halogens is 2. The standard InChI is InChI=1S/2C16H13.C12H10Si.2ClH.Zr/c2*1-12-6-4-10-14(12)16-11-5-8-13-7-2-3-9-15(13)16;1-3-7-11(8-4-1)13-12-9-5-2-6-10-12;;;/h2*2-3,5,7-11H,4H2,1H3;1-10H;2*1H;/q2*-1;;;;+2/p-2. The Bertz CT molecular complexity index is 1960. The SMILES string of the molecule is CC1=[C-]CC=C1c1cccc2ccccc12.CC1=[C-]CC=C1c1cccc2ccccc12.[Cl-].[Cl-].[Zr+2]=[Si](c1ccccc1)c1ccccc1. The summed E-state index contributed by atoms with van der Waals surface area (Å²) in [6.07, 6.45) is 13.1. The van der Waals surface area contributed by atoms with Crippen molar-refractivity contribution in [2.24, 2.45) is 0 Å². The first kappa shape index (κ1) is 37.3. The van der Waals surface area contributed by atoms with Gasteiger partial charge in [-0.05, 0) is 21.5 Å². The van der Waals surface area contributed by atoms with Crippen LogP contribution >= 0.6 is 0 Å². The Morgan fingerprint density at radius 1 is 0.458 bits per heavy atom. The van der Waals surface area contributed by atoms with Gasteiger partial charge in [0.1, 0.15) is 0 Å². The van der Waals surface area contributed by atoms with Crippen LogP contribution in [0.2, 0.25) is 0 Å². The molecule has 2 aliphatic rings. The topological polar surface area (TPSA) is 0 Å². The van der Waals surface area contributed by atoms with E-state index in [0.717, 1.165) is 12.8 Å². The van der Waals surface area contributed by atoms with E-state index >= 15 is 0 Å². The average molecular weight is 755 g/mol. The van der Waals surface area contributed by atoms with Gasteiger partial charge in [0.05, 0.1) is 0 Å². The summed E-state index contributed by atoms with van der Waals surface area (Å²) in [4.78, 5) is 0. The summed E-state index contributed by atoms with van der Waals surface area (Å²) in [5.74, 6) is 0. The van der Waals surface area contributed by atoms with Crippen molar-refractivity contribution < 1.29 is 48.1 Å². The second kappa shape index (κ2) is 18.3. The molecule has 0 aromatic heterocycles. The van der Waals surface area contributed by atoms with E-state index in [1.807, 2.05) is 0 Å². The molecule has 0 amide bonds. The van der Waals surface area contributed by atoms with Crippen LogP contribution in [0.15, 0.2) is 169 Å². The van der Waals surface area contributed by atoms with Crippen LogP contribution < -0.4 is 35.2 Å². The zero-order valence-electron chi connectivity index (χ0n) is 27.2. The molecule has 6 aromatic carbocycles. The van der Waals surface area contributed by atoms with Crippen molar-refractivity contribution >= 4 is 48.5 Å². The fraction of sp³-hybridized carbons (Fsp3) is 0.0909. The summed E-state index contributed by atoms with van der Waals surface area (Å²) in [7, 11) is 0. The molecule has 48 heavy (non-hydrogen) atoms. The number of hydrogen-bond donors (Lipinski definition) is 0. The van der Waals surface area contributed by atoms with E-state index in [0.29, 0.717) is 0 Å². The van der Waals surface area contributed by atoms with Crippen LogP contribution in [0.1, 0.15) is 37.8 Å². The van der Waals surface area contributed by atoms with Gasteiger partial charge < -0.3 is 24.8 Å². The van der Waals surface area contributed by atoms with Gasteiger partial charge in [0.15, 0.2) is 0 Å². The zero-order valence-corrected chi connectivity index (χ0v) is 32.2. The van der Waals surface area contributed by atoms with Crippen LogP contribution in [0.3, 0.4) is 0 Å². The molecule has 0 saturated heterocycles. The number of fused-ring (bicyclic) bond motifs is 2. The fourth-order valence-corrected chi connectivity index (χ4v) is 9.87. The van der Waals surface area contributed by atoms with Gasteiger partial charge in [-0.15, -0.1) is 12.8 Å². The molecule has 236 valence electrons. The summed E-state index contributed by atoms with van der Waals surface area (Å²) in [6.45, 7) is 4.28. The first-order chi connectivity index (χ1) is 22.6. The minimum atomic E-state index is -0.455. The van der Waals surface area contributed by atoms with Gasteiger partial charge in [0.2, 0.25) is 0 Å². The van der Waals surface area contributed by atoms with Gasteiger partial charge >= 0.3 is 99.8 Å². The number of allylic oxidation sites excluding steroid dienone is 8. The summed E-state index contributed by atoms with van der Waals surface area (Å²) in [5, 5.41) is 8.31. The van der Waals surface area contributed by atoms with Crippen molar-refractivity contribution in [3.63, 3.8) is 0 Å². The predicted octanol–water partition coefficient (Wildman–Crippen LogP) is 4.10. The molecule has 8 rings (SSSR count). The number of rotatable bonds is 4. The Kier molecular flexibility index (Phi) is 14.2. The number of hydrogen-bond acceptors (Lipinski definition) is 0. The van der Waals surface area contributed by atoms with Crippen molar-refractivity contribution in [2.75, 3.05) is 0 Å². The zero-order chi connectivity index (χ0) is 31.7. The molecule has 0 bridgehead atoms. The summed E-state index contributed by atoms with van der Waals surface area (Å²) >= 11 is 1.64. The normalized spacial score (nSPS) is 12.9. The molecule has 0 nitrogen and oxygen atoms in total. The first-order valence-corrected chi connectivity index (χ1v) is 21.0. The molecule has 0 atom stereocenters. The summed E-state index contributed by atoms with van der Waals surface area (Å²) in [6, 6.07) is 51.7. The maximum atomic E-state index is 3.36. The Labute approximate surface area is 313 Å². The van der Waals surface area contributed by atoms with Crippen molar-refractivity contribution in [1.82, 2.24) is 0 Å². The molecule has 0 N–H and O–H groups in total. The fourth-order valence-electron chi connectivity index (χ4n) is 6.03. The second-order valence-corrected chi connectivity index (χ2v) is 17.0. The molecule has 0 saturated carbocycles. The van der Waals surface area contributed by atoms with Crippen LogP contribution in [0, 0.1) is 12.2 Å². The third-order valence-electron chi connectivity index (χ3n) is 8.44. The number of benzene rings is 6. The second-order valence-electron chi connectivity index (χ2n) is 11.4. The van der Waals surface area contributed by atoms with Gasteiger partial charge in [0, 0.05) is 0 Å². The van der Waals surface area contributed by atoms with E-state index in [1.165, 1.54) is 65.3 Å². The molecule has 0 heterocycles. The Morgan fingerprint density at radius 3 is 1.19 bits per heavy atom. The van der Waals surface area contributed by atoms with Crippen LogP contribution in [0.5, 0.6) is 0 Å². The van der Waals surface area contributed by atoms with Crippen LogP contribution in [0.25, 0.3) is 32.7 Å². The van der Waals surface area contributed by atoms with E-state index in [2.05, 4.69) is 184 Å². The molecule has 2 aliphatic carbocycles. The molecular weight excluding hydrogens is 719 g/mol. The Morgan fingerprint density at radius 2 is 0.812 bits per heavy atom. The van der Waals surface area contributed by atoms with Gasteiger partial charge in [-0.25, -0.2) is 11.1 Å². The Hall–Kier alpha value is -3.52. The summed E-state index contributed by atoms with van der Waals surface area (Å²) < 4.78 is 0. The average Bonchev–Trinajstić information content (AvgIpc) is 3.76. The van der Waals surface area contributed by atoms with E-state index in [9.17, 15) is 0 Å². The van der Waals surface area contributed by atoms with Crippen molar-refractivity contribution in [3.05, 3.63) is 192 Å². The quantitative estimate of drug-likeness (QED) is 0.188. The van der Waals surface area contributed by atoms with Crippen molar-refractivity contribution in [2.45, 2.75) is 26.7 Å². The molecule has 0 spiro atoms. The van der Waals surface area contributed by atoms with Gasteiger partial charge in [0.25, 0.3) is 0 Å². The van der Waals surface area contributed by atoms with Gasteiger partial charge in [-0.2, -0.15) is 23.3 Å². The van der Waals surface area contributed by atoms with Gasteiger partial charge in [-0.3, -0.25) is 12.2 Å². The van der Waals surface area contributed by atoms with Gasteiger partial charge in [-0.1, -0.05) is 110 Å². The van der Waals surface area contributed by atoms with Crippen LogP contribution in [-0.4, -0.2) is 5.43 Å². The third kappa shape index (κ3) is 8.93. The molecule has 0 aliphatic heterocycles. The monoisotopic (exact) mass is 752 g/mol. The van der Waals surface area contributed by atoms with E-state index < -0.39 is 5.43 Å². The van der Waals surface area contributed by atoms with E-state index in [-0.39, 0.29) is 24.8 Å². The molecule has 0 radical (unpaired) electrons. The van der Waals surface area contributed by atoms with Crippen LogP contribution in [-0.2, 0) is 23.3 Å². The molecular formula is C44H36Cl2SiZr-2. The van der Waals surface area contributed by atoms with Crippen molar-refractivity contribution in [3.8, 4) is 0 Å². The molecule has 0 fully saturated rings. The maximum absolute atomic E-state index is 3.36. The Balaban J connectivity index is 0.000000160. The third-order valence-corrected chi connectivity index (χ3v) is 14.5. The van der Waals surface area contributed by atoms with Crippen molar-refractivity contribution in [1.29, 1.82) is 0 Å². The predicted molar refractivity (Wildman–Crippen MR) is 196 cm³/mol. The van der Waals surface area contributed by atoms with Crippen LogP contribution in [0.4, 0.5) is 0 Å². The first-order valence-electron chi connectivity index (χ1n) is 15.8. The molecule has 6 aromatic rings. The molecule has 0 unspecified atom stereocenters. The molecule has 4 heteroatoms. The van der Waals surface area contributed by atoms with E-state index in [4.69, 9.17) is 0 Å². The summed E-state index contributed by atoms with van der Waals surface area (Å²) in [5.41, 5.74) is 7.45.